The predicted octanol–water partition coefficient (Wildman–Crippen LogP) is 2.25. The van der Waals surface area contributed by atoms with Crippen LogP contribution in [0.5, 0.6) is 0 Å². The van der Waals surface area contributed by atoms with E-state index >= 15 is 0 Å². The molecule has 0 amide bonds. The average molecular weight is 164 g/mol. The summed E-state index contributed by atoms with van der Waals surface area (Å²) in [5.74, 6) is 0. The summed E-state index contributed by atoms with van der Waals surface area (Å²) in [7, 11) is 0. The van der Waals surface area contributed by atoms with E-state index in [1.54, 1.807) is 0 Å². The number of hydrogen-bond acceptors (Lipinski definition) is 1. The summed E-state index contributed by atoms with van der Waals surface area (Å²) in [6, 6.07) is 0. The molecule has 62 valence electrons. The van der Waals surface area contributed by atoms with Crippen molar-refractivity contribution in [2.45, 2.75) is 33.1 Å². The van der Waals surface area contributed by atoms with Crippen LogP contribution in [-0.4, -0.2) is 18.5 Å². The summed E-state index contributed by atoms with van der Waals surface area (Å²) in [6.45, 7) is 10.6. The van der Waals surface area contributed by atoms with E-state index in [0.717, 1.165) is 13.1 Å². The Morgan fingerprint density at radius 1 is 1.40 bits per heavy atom. The number of nitrogens with one attached hydrogen (secondary N) is 1. The smallest absolute Gasteiger partial charge is 0.0432 e. The maximum absolute atomic E-state index is 5.74. The van der Waals surface area contributed by atoms with Crippen LogP contribution in [0.1, 0.15) is 27.7 Å². The molecule has 1 N–H and O–H groups in total. The lowest BCUT2D eigenvalue weighted by Gasteiger charge is -2.19. The van der Waals surface area contributed by atoms with Crippen LogP contribution >= 0.6 is 11.6 Å². The molecule has 2 heteroatoms. The molecule has 1 atom stereocenters. The first-order valence-electron chi connectivity index (χ1n) is 3.76. The van der Waals surface area contributed by atoms with Gasteiger partial charge in [0.1, 0.15) is 0 Å². The zero-order valence-corrected chi connectivity index (χ0v) is 8.13. The van der Waals surface area contributed by atoms with E-state index in [0.29, 0.717) is 5.41 Å². The molecule has 0 aromatic rings. The summed E-state index contributed by atoms with van der Waals surface area (Å²) >= 11 is 5.74. The minimum atomic E-state index is 0.238. The fourth-order valence-corrected chi connectivity index (χ4v) is 0.755. The van der Waals surface area contributed by atoms with Crippen LogP contribution < -0.4 is 5.32 Å². The van der Waals surface area contributed by atoms with Crippen molar-refractivity contribution in [2.24, 2.45) is 5.41 Å². The minimum absolute atomic E-state index is 0.238. The first-order chi connectivity index (χ1) is 4.42. The second-order valence-electron chi connectivity index (χ2n) is 3.97. The van der Waals surface area contributed by atoms with Gasteiger partial charge in [-0.3, -0.25) is 0 Å². The minimum Gasteiger partial charge on any atom is -0.315 e. The first-order valence-corrected chi connectivity index (χ1v) is 4.20. The fourth-order valence-electron chi connectivity index (χ4n) is 0.646. The van der Waals surface area contributed by atoms with Gasteiger partial charge in [-0.15, -0.1) is 11.6 Å². The van der Waals surface area contributed by atoms with Crippen LogP contribution in [0.25, 0.3) is 0 Å². The molecule has 0 heterocycles. The SMILES string of the molecule is C[C@@H](Cl)CNCC(C)(C)C. The highest BCUT2D eigenvalue weighted by Gasteiger charge is 2.08. The molecule has 0 aliphatic rings. The van der Waals surface area contributed by atoms with Crippen molar-refractivity contribution in [3.63, 3.8) is 0 Å². The van der Waals surface area contributed by atoms with Crippen molar-refractivity contribution in [3.05, 3.63) is 0 Å². The molecular weight excluding hydrogens is 146 g/mol. The monoisotopic (exact) mass is 163 g/mol. The van der Waals surface area contributed by atoms with Crippen LogP contribution in [0, 0.1) is 5.41 Å². The summed E-state index contributed by atoms with van der Waals surface area (Å²) in [5.41, 5.74) is 0.367. The van der Waals surface area contributed by atoms with E-state index in [4.69, 9.17) is 11.6 Å². The molecule has 0 fully saturated rings. The molecule has 0 aromatic heterocycles. The van der Waals surface area contributed by atoms with E-state index in [1.807, 2.05) is 6.92 Å². The first kappa shape index (κ1) is 10.2. The third kappa shape index (κ3) is 8.25. The normalized spacial score (nSPS) is 15.3. The molecular formula is C8H18ClN. The van der Waals surface area contributed by atoms with Crippen molar-refractivity contribution >= 4 is 11.6 Å². The molecule has 0 unspecified atom stereocenters. The molecule has 10 heavy (non-hydrogen) atoms. The molecule has 0 aliphatic carbocycles. The Morgan fingerprint density at radius 2 is 1.90 bits per heavy atom. The van der Waals surface area contributed by atoms with Crippen molar-refractivity contribution in [2.75, 3.05) is 13.1 Å². The quantitative estimate of drug-likeness (QED) is 0.630. The van der Waals surface area contributed by atoms with Crippen LogP contribution in [0.15, 0.2) is 0 Å². The summed E-state index contributed by atoms with van der Waals surface area (Å²) < 4.78 is 0. The summed E-state index contributed by atoms with van der Waals surface area (Å²) in [4.78, 5) is 0. The van der Waals surface area contributed by atoms with Gasteiger partial charge < -0.3 is 5.32 Å². The van der Waals surface area contributed by atoms with E-state index in [2.05, 4.69) is 26.1 Å². The van der Waals surface area contributed by atoms with Gasteiger partial charge in [0.05, 0.1) is 0 Å². The van der Waals surface area contributed by atoms with E-state index in [1.165, 1.54) is 0 Å². The van der Waals surface area contributed by atoms with E-state index in [9.17, 15) is 0 Å². The molecule has 0 aliphatic heterocycles. The third-order valence-electron chi connectivity index (χ3n) is 1.08. The summed E-state index contributed by atoms with van der Waals surface area (Å²) in [5, 5.41) is 3.53. The van der Waals surface area contributed by atoms with E-state index < -0.39 is 0 Å². The highest BCUT2D eigenvalue weighted by molar-refractivity contribution is 6.20. The lowest BCUT2D eigenvalue weighted by Crippen LogP contribution is -2.30. The Kier molecular flexibility index (Phi) is 4.30. The van der Waals surface area contributed by atoms with Gasteiger partial charge >= 0.3 is 0 Å². The Hall–Kier alpha value is 0.250. The van der Waals surface area contributed by atoms with Gasteiger partial charge in [0.2, 0.25) is 0 Å². The number of halogens is 1. The maximum Gasteiger partial charge on any atom is 0.0432 e. The Balaban J connectivity index is 3.21. The summed E-state index contributed by atoms with van der Waals surface area (Å²) in [6.07, 6.45) is 0. The van der Waals surface area contributed by atoms with Crippen LogP contribution in [0.2, 0.25) is 0 Å². The second kappa shape index (κ2) is 4.20. The topological polar surface area (TPSA) is 12.0 Å². The zero-order valence-electron chi connectivity index (χ0n) is 7.37. The Morgan fingerprint density at radius 3 is 2.20 bits per heavy atom. The largest absolute Gasteiger partial charge is 0.315 e. The van der Waals surface area contributed by atoms with Gasteiger partial charge in [0, 0.05) is 18.5 Å². The lowest BCUT2D eigenvalue weighted by molar-refractivity contribution is 0.381. The maximum atomic E-state index is 5.74. The van der Waals surface area contributed by atoms with Crippen LogP contribution in [0.3, 0.4) is 0 Å². The number of alkyl halides is 1. The van der Waals surface area contributed by atoms with Gasteiger partial charge in [0.25, 0.3) is 0 Å². The van der Waals surface area contributed by atoms with Gasteiger partial charge in [-0.05, 0) is 12.3 Å². The van der Waals surface area contributed by atoms with Gasteiger partial charge in [-0.2, -0.15) is 0 Å². The highest BCUT2D eigenvalue weighted by atomic mass is 35.5. The Bertz CT molecular complexity index is 83.7. The van der Waals surface area contributed by atoms with Crippen LogP contribution in [0.4, 0.5) is 0 Å². The standard InChI is InChI=1S/C8H18ClN/c1-7(9)5-10-6-8(2,3)4/h7,10H,5-6H2,1-4H3/t7-/m1/s1. The highest BCUT2D eigenvalue weighted by Crippen LogP contribution is 2.10. The zero-order chi connectivity index (χ0) is 8.20. The van der Waals surface area contributed by atoms with E-state index in [-0.39, 0.29) is 5.38 Å². The third-order valence-corrected chi connectivity index (χ3v) is 1.24. The van der Waals surface area contributed by atoms with Crippen LogP contribution in [-0.2, 0) is 0 Å². The molecule has 0 saturated carbocycles. The molecule has 0 bridgehead atoms. The second-order valence-corrected chi connectivity index (χ2v) is 4.72. The van der Waals surface area contributed by atoms with Crippen molar-refractivity contribution in [1.82, 2.24) is 5.32 Å². The molecule has 1 nitrogen and oxygen atoms in total. The number of rotatable bonds is 3. The molecule has 0 radical (unpaired) electrons. The van der Waals surface area contributed by atoms with Crippen molar-refractivity contribution in [1.29, 1.82) is 0 Å². The molecule has 0 rings (SSSR count). The average Bonchev–Trinajstić information content (AvgIpc) is 1.59. The molecule has 0 saturated heterocycles. The lowest BCUT2D eigenvalue weighted by atomic mass is 9.97. The van der Waals surface area contributed by atoms with Crippen molar-refractivity contribution < 1.29 is 0 Å². The predicted molar refractivity (Wildman–Crippen MR) is 47.6 cm³/mol. The Labute approximate surface area is 69.1 Å². The van der Waals surface area contributed by atoms with Gasteiger partial charge in [-0.1, -0.05) is 20.8 Å². The van der Waals surface area contributed by atoms with Crippen molar-refractivity contribution in [3.8, 4) is 0 Å². The van der Waals surface area contributed by atoms with Gasteiger partial charge in [-0.25, -0.2) is 0 Å². The van der Waals surface area contributed by atoms with Gasteiger partial charge in [0.15, 0.2) is 0 Å². The molecule has 0 spiro atoms. The molecule has 0 aromatic carbocycles. The fraction of sp³-hybridized carbons (Fsp3) is 1.00. The number of hydrogen-bond donors (Lipinski definition) is 1.